The van der Waals surface area contributed by atoms with Crippen molar-refractivity contribution in [3.05, 3.63) is 69.6 Å². The van der Waals surface area contributed by atoms with E-state index >= 15 is 0 Å². The third-order valence-electron chi connectivity index (χ3n) is 5.04. The summed E-state index contributed by atoms with van der Waals surface area (Å²) >= 11 is 1.63. The molecule has 1 aliphatic rings. The number of nitro benzene ring substituents is 1. The molecule has 28 heavy (non-hydrogen) atoms. The van der Waals surface area contributed by atoms with Crippen molar-refractivity contribution in [1.82, 2.24) is 14.8 Å². The van der Waals surface area contributed by atoms with Gasteiger partial charge in [-0.1, -0.05) is 42.5 Å². The molecular weight excluding hydrogens is 372 g/mol. The molecule has 1 aromatic heterocycles. The summed E-state index contributed by atoms with van der Waals surface area (Å²) in [5.41, 5.74) is 2.47. The van der Waals surface area contributed by atoms with E-state index in [4.69, 9.17) is 4.98 Å². The van der Waals surface area contributed by atoms with Gasteiger partial charge in [-0.15, -0.1) is 11.3 Å². The van der Waals surface area contributed by atoms with Gasteiger partial charge < -0.3 is 4.90 Å². The van der Waals surface area contributed by atoms with Crippen LogP contribution in [0.4, 0.5) is 5.69 Å². The Morgan fingerprint density at radius 1 is 1.04 bits per heavy atom. The molecule has 0 aliphatic carbocycles. The molecule has 3 aromatic rings. The van der Waals surface area contributed by atoms with E-state index < -0.39 is 0 Å². The van der Waals surface area contributed by atoms with Gasteiger partial charge in [0.2, 0.25) is 0 Å². The first-order valence-corrected chi connectivity index (χ1v) is 10.1. The third kappa shape index (κ3) is 3.96. The Morgan fingerprint density at radius 2 is 1.71 bits per heavy atom. The van der Waals surface area contributed by atoms with Crippen molar-refractivity contribution in [3.8, 4) is 21.8 Å². The summed E-state index contributed by atoms with van der Waals surface area (Å²) in [7, 11) is 2.14. The van der Waals surface area contributed by atoms with Crippen LogP contribution in [-0.2, 0) is 6.54 Å². The number of likely N-dealkylation sites (N-methyl/N-ethyl adjacent to an activating group) is 1. The highest BCUT2D eigenvalue weighted by molar-refractivity contribution is 7.15. The molecule has 0 bridgehead atoms. The third-order valence-corrected chi connectivity index (χ3v) is 6.13. The number of nitro groups is 1. The average molecular weight is 395 g/mol. The normalized spacial score (nSPS) is 15.6. The van der Waals surface area contributed by atoms with E-state index in [0.717, 1.165) is 53.9 Å². The topological polar surface area (TPSA) is 62.5 Å². The maximum absolute atomic E-state index is 11.6. The molecule has 2 aromatic carbocycles. The van der Waals surface area contributed by atoms with Crippen molar-refractivity contribution in [2.24, 2.45) is 0 Å². The number of aromatic nitrogens is 1. The fourth-order valence-electron chi connectivity index (χ4n) is 3.42. The Balaban J connectivity index is 1.75. The van der Waals surface area contributed by atoms with Crippen LogP contribution in [0.2, 0.25) is 0 Å². The Hall–Kier alpha value is -2.61. The molecule has 0 spiro atoms. The maximum atomic E-state index is 11.6. The fraction of sp³-hybridized carbons (Fsp3) is 0.286. The molecular formula is C21H22N4O2S. The van der Waals surface area contributed by atoms with Gasteiger partial charge in [0, 0.05) is 49.2 Å². The van der Waals surface area contributed by atoms with Crippen LogP contribution in [0, 0.1) is 10.1 Å². The standard InChI is InChI=1S/C21H22N4O2S/c1-23-11-13-24(14-12-23)15-19-20(17-9-5-6-10-18(17)25(26)27)22-21(28-19)16-7-3-2-4-8-16/h2-10H,11-15H2,1H3. The zero-order valence-electron chi connectivity index (χ0n) is 15.7. The summed E-state index contributed by atoms with van der Waals surface area (Å²) in [5, 5.41) is 12.5. The van der Waals surface area contributed by atoms with E-state index in [1.54, 1.807) is 29.5 Å². The van der Waals surface area contributed by atoms with Gasteiger partial charge in [0.25, 0.3) is 5.69 Å². The summed E-state index contributed by atoms with van der Waals surface area (Å²) in [4.78, 5) is 21.9. The molecule has 0 unspecified atom stereocenters. The van der Waals surface area contributed by atoms with Crippen molar-refractivity contribution in [3.63, 3.8) is 0 Å². The van der Waals surface area contributed by atoms with Crippen LogP contribution < -0.4 is 0 Å². The second kappa shape index (κ2) is 8.18. The molecule has 1 saturated heterocycles. The Morgan fingerprint density at radius 3 is 2.43 bits per heavy atom. The Bertz CT molecular complexity index is 966. The van der Waals surface area contributed by atoms with Gasteiger partial charge in [-0.25, -0.2) is 4.98 Å². The molecule has 2 heterocycles. The molecule has 0 atom stereocenters. The van der Waals surface area contributed by atoms with Crippen LogP contribution in [0.5, 0.6) is 0 Å². The van der Waals surface area contributed by atoms with Crippen LogP contribution in [0.25, 0.3) is 21.8 Å². The molecule has 0 N–H and O–H groups in total. The zero-order valence-corrected chi connectivity index (χ0v) is 16.6. The van der Waals surface area contributed by atoms with Crippen molar-refractivity contribution in [2.75, 3.05) is 33.2 Å². The second-order valence-corrected chi connectivity index (χ2v) is 8.09. The minimum Gasteiger partial charge on any atom is -0.304 e. The highest BCUT2D eigenvalue weighted by atomic mass is 32.1. The lowest BCUT2D eigenvalue weighted by Crippen LogP contribution is -2.43. The minimum absolute atomic E-state index is 0.104. The first kappa shape index (κ1) is 18.7. The Kier molecular flexibility index (Phi) is 5.47. The first-order chi connectivity index (χ1) is 13.6. The van der Waals surface area contributed by atoms with Crippen LogP contribution in [-0.4, -0.2) is 52.9 Å². The average Bonchev–Trinajstić information content (AvgIpc) is 3.14. The van der Waals surface area contributed by atoms with Gasteiger partial charge >= 0.3 is 0 Å². The lowest BCUT2D eigenvalue weighted by molar-refractivity contribution is -0.384. The molecule has 144 valence electrons. The van der Waals surface area contributed by atoms with Gasteiger partial charge in [-0.3, -0.25) is 15.0 Å². The monoisotopic (exact) mass is 394 g/mol. The number of nitrogens with zero attached hydrogens (tertiary/aromatic N) is 4. The predicted octanol–water partition coefficient (Wildman–Crippen LogP) is 4.13. The largest absolute Gasteiger partial charge is 0.304 e. The van der Waals surface area contributed by atoms with E-state index in [-0.39, 0.29) is 10.6 Å². The van der Waals surface area contributed by atoms with Crippen molar-refractivity contribution < 1.29 is 4.92 Å². The van der Waals surface area contributed by atoms with Crippen LogP contribution >= 0.6 is 11.3 Å². The number of thiazole rings is 1. The summed E-state index contributed by atoms with van der Waals surface area (Å²) in [6.07, 6.45) is 0. The summed E-state index contributed by atoms with van der Waals surface area (Å²) < 4.78 is 0. The highest BCUT2D eigenvalue weighted by Crippen LogP contribution is 2.38. The molecule has 4 rings (SSSR count). The van der Waals surface area contributed by atoms with Gasteiger partial charge in [-0.05, 0) is 13.1 Å². The van der Waals surface area contributed by atoms with Crippen molar-refractivity contribution in [1.29, 1.82) is 0 Å². The SMILES string of the molecule is CN1CCN(Cc2sc(-c3ccccc3)nc2-c2ccccc2[N+](=O)[O-])CC1. The summed E-state index contributed by atoms with van der Waals surface area (Å²) in [5.74, 6) is 0. The van der Waals surface area contributed by atoms with Crippen LogP contribution in [0.15, 0.2) is 54.6 Å². The molecule has 0 saturated carbocycles. The number of hydrogen-bond acceptors (Lipinski definition) is 6. The van der Waals surface area contributed by atoms with Crippen LogP contribution in [0.3, 0.4) is 0 Å². The van der Waals surface area contributed by atoms with Gasteiger partial charge in [0.1, 0.15) is 5.01 Å². The molecule has 6 nitrogen and oxygen atoms in total. The Labute approximate surface area is 168 Å². The second-order valence-electron chi connectivity index (χ2n) is 7.01. The summed E-state index contributed by atoms with van der Waals surface area (Å²) in [6, 6.07) is 16.9. The number of piperazine rings is 1. The number of rotatable bonds is 5. The van der Waals surface area contributed by atoms with E-state index in [9.17, 15) is 10.1 Å². The van der Waals surface area contributed by atoms with E-state index in [0.29, 0.717) is 5.56 Å². The zero-order chi connectivity index (χ0) is 19.5. The van der Waals surface area contributed by atoms with E-state index in [1.807, 2.05) is 36.4 Å². The summed E-state index contributed by atoms with van der Waals surface area (Å²) in [6.45, 7) is 4.81. The van der Waals surface area contributed by atoms with E-state index in [1.165, 1.54) is 0 Å². The smallest absolute Gasteiger partial charge is 0.278 e. The lowest BCUT2D eigenvalue weighted by atomic mass is 10.1. The molecule has 0 amide bonds. The fourth-order valence-corrected chi connectivity index (χ4v) is 4.54. The number of para-hydroxylation sites is 1. The molecule has 1 fully saturated rings. The first-order valence-electron chi connectivity index (χ1n) is 9.31. The highest BCUT2D eigenvalue weighted by Gasteiger charge is 2.24. The van der Waals surface area contributed by atoms with Crippen molar-refractivity contribution >= 4 is 17.0 Å². The molecule has 1 aliphatic heterocycles. The predicted molar refractivity (Wildman–Crippen MR) is 112 cm³/mol. The molecule has 7 heteroatoms. The van der Waals surface area contributed by atoms with Crippen molar-refractivity contribution in [2.45, 2.75) is 6.54 Å². The van der Waals surface area contributed by atoms with Gasteiger partial charge in [0.05, 0.1) is 16.2 Å². The van der Waals surface area contributed by atoms with Gasteiger partial charge in [0.15, 0.2) is 0 Å². The van der Waals surface area contributed by atoms with Crippen LogP contribution in [0.1, 0.15) is 4.88 Å². The number of benzene rings is 2. The van der Waals surface area contributed by atoms with Gasteiger partial charge in [-0.2, -0.15) is 0 Å². The quantitative estimate of drug-likeness (QED) is 0.481. The minimum atomic E-state index is -0.323. The van der Waals surface area contributed by atoms with E-state index in [2.05, 4.69) is 16.8 Å². The molecule has 0 radical (unpaired) electrons. The lowest BCUT2D eigenvalue weighted by Gasteiger charge is -2.32. The maximum Gasteiger partial charge on any atom is 0.278 e. The number of hydrogen-bond donors (Lipinski definition) is 0.